The molecule has 0 radical (unpaired) electrons. The van der Waals surface area contributed by atoms with Crippen LogP contribution in [0.5, 0.6) is 5.75 Å². The predicted octanol–water partition coefficient (Wildman–Crippen LogP) is 2.91. The molecule has 0 heterocycles. The molecule has 1 atom stereocenters. The number of hydrogen-bond donors (Lipinski definition) is 1. The molecule has 0 amide bonds. The molecule has 1 unspecified atom stereocenters. The number of benzene rings is 1. The molecule has 1 aliphatic rings. The van der Waals surface area contributed by atoms with Crippen LogP contribution >= 0.6 is 0 Å². The number of rotatable bonds is 5. The number of likely N-dealkylation sites (N-methyl/N-ethyl adjacent to an activating group) is 1. The fourth-order valence-corrected chi connectivity index (χ4v) is 2.98. The second-order valence-corrected chi connectivity index (χ2v) is 5.64. The van der Waals surface area contributed by atoms with Crippen molar-refractivity contribution < 1.29 is 9.84 Å². The highest BCUT2D eigenvalue weighted by molar-refractivity contribution is 5.38. The molecular weight excluding hydrogens is 238 g/mol. The Labute approximate surface area is 116 Å². The molecule has 2 rings (SSSR count). The molecule has 0 spiro atoms. The quantitative estimate of drug-likeness (QED) is 0.886. The lowest BCUT2D eigenvalue weighted by atomic mass is 10.0. The van der Waals surface area contributed by atoms with Gasteiger partial charge < -0.3 is 14.7 Å². The van der Waals surface area contributed by atoms with Crippen molar-refractivity contribution in [2.24, 2.45) is 0 Å². The van der Waals surface area contributed by atoms with Crippen LogP contribution in [0.2, 0.25) is 0 Å². The monoisotopic (exact) mass is 263 g/mol. The summed E-state index contributed by atoms with van der Waals surface area (Å²) in [6.07, 6.45) is 4.67. The normalized spacial score (nSPS) is 17.9. The van der Waals surface area contributed by atoms with Gasteiger partial charge in [-0.2, -0.15) is 0 Å². The van der Waals surface area contributed by atoms with Crippen LogP contribution in [0.3, 0.4) is 0 Å². The second kappa shape index (κ2) is 6.40. The van der Waals surface area contributed by atoms with Crippen molar-refractivity contribution in [2.45, 2.75) is 44.8 Å². The maximum Gasteiger partial charge on any atom is 0.124 e. The number of aliphatic hydroxyl groups is 1. The fourth-order valence-electron chi connectivity index (χ4n) is 2.98. The van der Waals surface area contributed by atoms with Gasteiger partial charge in [0.15, 0.2) is 0 Å². The van der Waals surface area contributed by atoms with E-state index in [1.165, 1.54) is 25.7 Å². The van der Waals surface area contributed by atoms with E-state index in [0.29, 0.717) is 12.6 Å². The van der Waals surface area contributed by atoms with Gasteiger partial charge in [0.1, 0.15) is 5.75 Å². The van der Waals surface area contributed by atoms with E-state index in [0.717, 1.165) is 16.9 Å². The van der Waals surface area contributed by atoms with Crippen LogP contribution < -0.4 is 4.74 Å². The number of aliphatic hydroxyl groups excluding tert-OH is 1. The third-order valence-electron chi connectivity index (χ3n) is 4.15. The molecule has 1 aromatic rings. The molecule has 1 aliphatic carbocycles. The molecule has 1 aromatic carbocycles. The molecule has 3 nitrogen and oxygen atoms in total. The Balaban J connectivity index is 2.06. The zero-order chi connectivity index (χ0) is 13.8. The topological polar surface area (TPSA) is 32.7 Å². The van der Waals surface area contributed by atoms with Crippen molar-refractivity contribution in [1.82, 2.24) is 4.90 Å². The van der Waals surface area contributed by atoms with Crippen LogP contribution in [-0.4, -0.2) is 36.8 Å². The molecule has 1 N–H and O–H groups in total. The highest BCUT2D eigenvalue weighted by atomic mass is 16.5. The lowest BCUT2D eigenvalue weighted by Gasteiger charge is -2.27. The SMILES string of the molecule is COc1ccc(C)cc1C(O)CN(C)C1CCCC1. The molecule has 0 bridgehead atoms. The molecule has 106 valence electrons. The second-order valence-electron chi connectivity index (χ2n) is 5.64. The van der Waals surface area contributed by atoms with Gasteiger partial charge in [0.05, 0.1) is 13.2 Å². The summed E-state index contributed by atoms with van der Waals surface area (Å²) in [5.41, 5.74) is 2.05. The molecule has 19 heavy (non-hydrogen) atoms. The lowest BCUT2D eigenvalue weighted by Crippen LogP contribution is -2.33. The Morgan fingerprint density at radius 1 is 1.37 bits per heavy atom. The Kier molecular flexibility index (Phi) is 4.83. The van der Waals surface area contributed by atoms with Crippen molar-refractivity contribution in [1.29, 1.82) is 0 Å². The van der Waals surface area contributed by atoms with E-state index in [2.05, 4.69) is 11.9 Å². The van der Waals surface area contributed by atoms with Crippen molar-refractivity contribution >= 4 is 0 Å². The van der Waals surface area contributed by atoms with Gasteiger partial charge in [-0.05, 0) is 38.9 Å². The van der Waals surface area contributed by atoms with Gasteiger partial charge in [-0.3, -0.25) is 0 Å². The van der Waals surface area contributed by atoms with Crippen molar-refractivity contribution in [3.05, 3.63) is 29.3 Å². The summed E-state index contributed by atoms with van der Waals surface area (Å²) in [5, 5.41) is 10.5. The summed E-state index contributed by atoms with van der Waals surface area (Å²) in [7, 11) is 3.77. The van der Waals surface area contributed by atoms with Crippen LogP contribution in [0.25, 0.3) is 0 Å². The Morgan fingerprint density at radius 2 is 2.05 bits per heavy atom. The number of aryl methyl sites for hydroxylation is 1. The molecular formula is C16H25NO2. The highest BCUT2D eigenvalue weighted by Gasteiger charge is 2.23. The molecule has 0 aromatic heterocycles. The van der Waals surface area contributed by atoms with E-state index >= 15 is 0 Å². The van der Waals surface area contributed by atoms with Gasteiger partial charge in [-0.25, -0.2) is 0 Å². The lowest BCUT2D eigenvalue weighted by molar-refractivity contribution is 0.103. The largest absolute Gasteiger partial charge is 0.496 e. The smallest absolute Gasteiger partial charge is 0.124 e. The minimum absolute atomic E-state index is 0.486. The van der Waals surface area contributed by atoms with Gasteiger partial charge in [0.2, 0.25) is 0 Å². The predicted molar refractivity (Wildman–Crippen MR) is 77.6 cm³/mol. The highest BCUT2D eigenvalue weighted by Crippen LogP contribution is 2.29. The van der Waals surface area contributed by atoms with E-state index in [9.17, 15) is 5.11 Å². The third-order valence-corrected chi connectivity index (χ3v) is 4.15. The minimum atomic E-state index is -0.486. The van der Waals surface area contributed by atoms with Crippen molar-refractivity contribution in [2.75, 3.05) is 20.7 Å². The van der Waals surface area contributed by atoms with Crippen LogP contribution in [0, 0.1) is 6.92 Å². The van der Waals surface area contributed by atoms with Crippen LogP contribution in [0.4, 0.5) is 0 Å². The van der Waals surface area contributed by atoms with Crippen molar-refractivity contribution in [3.8, 4) is 5.75 Å². The summed E-state index contributed by atoms with van der Waals surface area (Å²) >= 11 is 0. The summed E-state index contributed by atoms with van der Waals surface area (Å²) in [4.78, 5) is 2.29. The Hall–Kier alpha value is -1.06. The molecule has 0 aliphatic heterocycles. The summed E-state index contributed by atoms with van der Waals surface area (Å²) in [6.45, 7) is 2.71. The van der Waals surface area contributed by atoms with E-state index in [-0.39, 0.29) is 0 Å². The first-order valence-electron chi connectivity index (χ1n) is 7.14. The summed E-state index contributed by atoms with van der Waals surface area (Å²) in [6, 6.07) is 6.59. The standard InChI is InChI=1S/C16H25NO2/c1-12-8-9-16(19-3)14(10-12)15(18)11-17(2)13-6-4-5-7-13/h8-10,13,15,18H,4-7,11H2,1-3H3. The first-order valence-corrected chi connectivity index (χ1v) is 7.14. The van der Waals surface area contributed by atoms with E-state index < -0.39 is 6.10 Å². The maximum absolute atomic E-state index is 10.5. The molecule has 0 saturated heterocycles. The first-order chi connectivity index (χ1) is 9.11. The Bertz CT molecular complexity index is 413. The molecule has 3 heteroatoms. The molecule has 1 fully saturated rings. The average molecular weight is 263 g/mol. The maximum atomic E-state index is 10.5. The average Bonchev–Trinajstić information content (AvgIpc) is 2.92. The van der Waals surface area contributed by atoms with Crippen LogP contribution in [-0.2, 0) is 0 Å². The van der Waals surface area contributed by atoms with Crippen molar-refractivity contribution in [3.63, 3.8) is 0 Å². The number of ether oxygens (including phenoxy) is 1. The number of hydrogen-bond acceptors (Lipinski definition) is 3. The van der Waals surface area contributed by atoms with Gasteiger partial charge in [0.25, 0.3) is 0 Å². The summed E-state index contributed by atoms with van der Waals surface area (Å²) in [5.74, 6) is 0.776. The fraction of sp³-hybridized carbons (Fsp3) is 0.625. The van der Waals surface area contributed by atoms with Gasteiger partial charge in [-0.1, -0.05) is 24.5 Å². The van der Waals surface area contributed by atoms with Gasteiger partial charge in [0, 0.05) is 18.2 Å². The van der Waals surface area contributed by atoms with Gasteiger partial charge in [-0.15, -0.1) is 0 Å². The summed E-state index contributed by atoms with van der Waals surface area (Å²) < 4.78 is 5.35. The van der Waals surface area contributed by atoms with Crippen LogP contribution in [0.15, 0.2) is 18.2 Å². The Morgan fingerprint density at radius 3 is 2.68 bits per heavy atom. The van der Waals surface area contributed by atoms with Gasteiger partial charge >= 0.3 is 0 Å². The van der Waals surface area contributed by atoms with Crippen LogP contribution in [0.1, 0.15) is 42.9 Å². The zero-order valence-electron chi connectivity index (χ0n) is 12.2. The molecule has 1 saturated carbocycles. The number of nitrogens with zero attached hydrogens (tertiary/aromatic N) is 1. The van der Waals surface area contributed by atoms with E-state index in [1.54, 1.807) is 7.11 Å². The minimum Gasteiger partial charge on any atom is -0.496 e. The number of methoxy groups -OCH3 is 1. The van der Waals surface area contributed by atoms with E-state index in [1.807, 2.05) is 25.1 Å². The zero-order valence-corrected chi connectivity index (χ0v) is 12.2. The first kappa shape index (κ1) is 14.4. The van der Waals surface area contributed by atoms with E-state index in [4.69, 9.17) is 4.74 Å². The third kappa shape index (κ3) is 3.48.